The second-order valence-corrected chi connectivity index (χ2v) is 4.36. The van der Waals surface area contributed by atoms with Crippen LogP contribution in [0.1, 0.15) is 42.0 Å². The maximum absolute atomic E-state index is 10.8. The Morgan fingerprint density at radius 2 is 2.29 bits per heavy atom. The fourth-order valence-electron chi connectivity index (χ4n) is 2.13. The molecule has 0 N–H and O–H groups in total. The Kier molecular flexibility index (Phi) is 2.40. The van der Waals surface area contributed by atoms with E-state index in [2.05, 4.69) is 18.9 Å². The van der Waals surface area contributed by atoms with Gasteiger partial charge in [-0.3, -0.25) is 9.48 Å². The topological polar surface area (TPSA) is 34.9 Å². The average Bonchev–Trinajstić information content (AvgIpc) is 2.67. The number of hydrogen-bond donors (Lipinski definition) is 0. The molecule has 0 radical (unpaired) electrons. The number of rotatable bonds is 3. The summed E-state index contributed by atoms with van der Waals surface area (Å²) in [4.78, 5) is 10.8. The first kappa shape index (κ1) is 9.44. The van der Waals surface area contributed by atoms with Crippen LogP contribution in [0.2, 0.25) is 0 Å². The van der Waals surface area contributed by atoms with Gasteiger partial charge in [0.25, 0.3) is 0 Å². The Balaban J connectivity index is 2.36. The van der Waals surface area contributed by atoms with Gasteiger partial charge in [0, 0.05) is 17.8 Å². The standard InChI is InChI=1S/C11H16N2O/c1-8(2)6-13-11-5-3-4-9(11)10(7-14)12-13/h7-8H,3-6H2,1-2H3. The molecule has 1 aliphatic rings. The smallest absolute Gasteiger partial charge is 0.170 e. The fourth-order valence-corrected chi connectivity index (χ4v) is 2.13. The third-order valence-corrected chi connectivity index (χ3v) is 2.69. The number of hydrogen-bond acceptors (Lipinski definition) is 2. The van der Waals surface area contributed by atoms with Gasteiger partial charge in [-0.1, -0.05) is 13.8 Å². The second-order valence-electron chi connectivity index (χ2n) is 4.36. The zero-order valence-corrected chi connectivity index (χ0v) is 8.79. The molecular weight excluding hydrogens is 176 g/mol. The minimum atomic E-state index is 0.583. The Hall–Kier alpha value is -1.12. The Bertz CT molecular complexity index is 352. The molecule has 0 atom stereocenters. The van der Waals surface area contributed by atoms with Crippen LogP contribution in [0.3, 0.4) is 0 Å². The molecule has 0 fully saturated rings. The number of nitrogens with zero attached hydrogens (tertiary/aromatic N) is 2. The Morgan fingerprint density at radius 3 is 2.93 bits per heavy atom. The zero-order chi connectivity index (χ0) is 10.1. The van der Waals surface area contributed by atoms with Crippen LogP contribution >= 0.6 is 0 Å². The average molecular weight is 192 g/mol. The third kappa shape index (κ3) is 1.47. The molecule has 2 rings (SSSR count). The molecule has 14 heavy (non-hydrogen) atoms. The lowest BCUT2D eigenvalue weighted by molar-refractivity contribution is 0.111. The molecule has 0 aromatic carbocycles. The predicted octanol–water partition coefficient (Wildman–Crippen LogP) is 1.84. The summed E-state index contributed by atoms with van der Waals surface area (Å²) in [5.74, 6) is 0.583. The summed E-state index contributed by atoms with van der Waals surface area (Å²) in [5, 5.41) is 4.34. The molecule has 1 heterocycles. The fraction of sp³-hybridized carbons (Fsp3) is 0.636. The number of aldehydes is 1. The Morgan fingerprint density at radius 1 is 1.50 bits per heavy atom. The van der Waals surface area contributed by atoms with Crippen LogP contribution in [-0.4, -0.2) is 16.1 Å². The van der Waals surface area contributed by atoms with E-state index in [1.54, 1.807) is 0 Å². The highest BCUT2D eigenvalue weighted by molar-refractivity contribution is 5.75. The van der Waals surface area contributed by atoms with E-state index in [4.69, 9.17) is 0 Å². The van der Waals surface area contributed by atoms with Gasteiger partial charge in [-0.25, -0.2) is 0 Å². The summed E-state index contributed by atoms with van der Waals surface area (Å²) < 4.78 is 2.02. The van der Waals surface area contributed by atoms with E-state index in [1.165, 1.54) is 17.7 Å². The van der Waals surface area contributed by atoms with Crippen LogP contribution < -0.4 is 0 Å². The van der Waals surface area contributed by atoms with Crippen molar-refractivity contribution < 1.29 is 4.79 Å². The highest BCUT2D eigenvalue weighted by Gasteiger charge is 2.21. The monoisotopic (exact) mass is 192 g/mol. The molecule has 0 bridgehead atoms. The summed E-state index contributed by atoms with van der Waals surface area (Å²) in [6, 6.07) is 0. The maximum atomic E-state index is 10.8. The van der Waals surface area contributed by atoms with Crippen molar-refractivity contribution in [1.82, 2.24) is 9.78 Å². The van der Waals surface area contributed by atoms with Gasteiger partial charge in [-0.15, -0.1) is 0 Å². The Labute approximate surface area is 84.1 Å². The minimum Gasteiger partial charge on any atom is -0.296 e. The van der Waals surface area contributed by atoms with E-state index in [9.17, 15) is 4.79 Å². The SMILES string of the molecule is CC(C)Cn1nc(C=O)c2c1CCC2. The first-order valence-corrected chi connectivity index (χ1v) is 5.26. The number of carbonyl (C=O) groups excluding carboxylic acids is 1. The zero-order valence-electron chi connectivity index (χ0n) is 8.79. The van der Waals surface area contributed by atoms with Crippen molar-refractivity contribution in [3.05, 3.63) is 17.0 Å². The third-order valence-electron chi connectivity index (χ3n) is 2.69. The summed E-state index contributed by atoms with van der Waals surface area (Å²) >= 11 is 0. The van der Waals surface area contributed by atoms with Crippen LogP contribution in [0.5, 0.6) is 0 Å². The summed E-state index contributed by atoms with van der Waals surface area (Å²) in [6.07, 6.45) is 4.18. The van der Waals surface area contributed by atoms with Gasteiger partial charge in [0.1, 0.15) is 5.69 Å². The van der Waals surface area contributed by atoms with E-state index >= 15 is 0 Å². The van der Waals surface area contributed by atoms with Crippen molar-refractivity contribution >= 4 is 6.29 Å². The molecule has 0 saturated heterocycles. The van der Waals surface area contributed by atoms with Gasteiger partial charge < -0.3 is 0 Å². The van der Waals surface area contributed by atoms with Crippen LogP contribution in [-0.2, 0) is 19.4 Å². The molecule has 1 aliphatic carbocycles. The molecule has 3 nitrogen and oxygen atoms in total. The largest absolute Gasteiger partial charge is 0.296 e. The van der Waals surface area contributed by atoms with Gasteiger partial charge in [-0.2, -0.15) is 5.10 Å². The quantitative estimate of drug-likeness (QED) is 0.685. The van der Waals surface area contributed by atoms with Crippen molar-refractivity contribution in [2.75, 3.05) is 0 Å². The van der Waals surface area contributed by atoms with Gasteiger partial charge in [0.05, 0.1) is 0 Å². The normalized spacial score (nSPS) is 14.8. The molecule has 3 heteroatoms. The van der Waals surface area contributed by atoms with Crippen LogP contribution in [0.25, 0.3) is 0 Å². The van der Waals surface area contributed by atoms with Crippen molar-refractivity contribution in [1.29, 1.82) is 0 Å². The summed E-state index contributed by atoms with van der Waals surface area (Å²) in [7, 11) is 0. The maximum Gasteiger partial charge on any atom is 0.170 e. The van der Waals surface area contributed by atoms with Gasteiger partial charge in [-0.05, 0) is 25.2 Å². The van der Waals surface area contributed by atoms with E-state index in [1.807, 2.05) is 4.68 Å². The molecule has 0 spiro atoms. The van der Waals surface area contributed by atoms with Crippen molar-refractivity contribution in [3.8, 4) is 0 Å². The molecule has 76 valence electrons. The van der Waals surface area contributed by atoms with Gasteiger partial charge >= 0.3 is 0 Å². The van der Waals surface area contributed by atoms with Gasteiger partial charge in [0.2, 0.25) is 0 Å². The molecule has 0 amide bonds. The minimum absolute atomic E-state index is 0.583. The van der Waals surface area contributed by atoms with Gasteiger partial charge in [0.15, 0.2) is 6.29 Å². The molecule has 0 unspecified atom stereocenters. The van der Waals surface area contributed by atoms with Crippen molar-refractivity contribution in [2.45, 2.75) is 39.7 Å². The molecule has 0 saturated carbocycles. The molecule has 0 aliphatic heterocycles. The first-order valence-electron chi connectivity index (χ1n) is 5.26. The number of carbonyl (C=O) groups is 1. The lowest BCUT2D eigenvalue weighted by atomic mass is 10.2. The van der Waals surface area contributed by atoms with Crippen LogP contribution in [0.4, 0.5) is 0 Å². The predicted molar refractivity (Wildman–Crippen MR) is 54.5 cm³/mol. The van der Waals surface area contributed by atoms with E-state index in [0.29, 0.717) is 11.6 Å². The van der Waals surface area contributed by atoms with Crippen LogP contribution in [0.15, 0.2) is 0 Å². The lowest BCUT2D eigenvalue weighted by Crippen LogP contribution is -2.09. The van der Waals surface area contributed by atoms with Crippen molar-refractivity contribution in [2.24, 2.45) is 5.92 Å². The number of fused-ring (bicyclic) bond motifs is 1. The van der Waals surface area contributed by atoms with Crippen molar-refractivity contribution in [3.63, 3.8) is 0 Å². The highest BCUT2D eigenvalue weighted by atomic mass is 16.1. The van der Waals surface area contributed by atoms with Crippen LogP contribution in [0, 0.1) is 5.92 Å². The van der Waals surface area contributed by atoms with E-state index < -0.39 is 0 Å². The lowest BCUT2D eigenvalue weighted by Gasteiger charge is -2.07. The first-order chi connectivity index (χ1) is 6.72. The molecule has 1 aromatic heterocycles. The number of aromatic nitrogens is 2. The van der Waals surface area contributed by atoms with E-state index in [-0.39, 0.29) is 0 Å². The summed E-state index contributed by atoms with van der Waals surface area (Å²) in [5.41, 5.74) is 3.15. The van der Waals surface area contributed by atoms with E-state index in [0.717, 1.165) is 25.7 Å². The second kappa shape index (κ2) is 3.56. The molecule has 1 aromatic rings. The summed E-state index contributed by atoms with van der Waals surface area (Å²) in [6.45, 7) is 5.27. The molecular formula is C11H16N2O. The highest BCUT2D eigenvalue weighted by Crippen LogP contribution is 2.24.